The van der Waals surface area contributed by atoms with Crippen molar-refractivity contribution in [2.24, 2.45) is 0 Å². The molecule has 0 radical (unpaired) electrons. The van der Waals surface area contributed by atoms with Gasteiger partial charge in [0.05, 0.1) is 20.3 Å². The Balaban J connectivity index is 2.33. The Morgan fingerprint density at radius 2 is 2.00 bits per heavy atom. The molecule has 0 saturated carbocycles. The lowest BCUT2D eigenvalue weighted by atomic mass is 9.72. The summed E-state index contributed by atoms with van der Waals surface area (Å²) < 4.78 is 10.8. The largest absolute Gasteiger partial charge is 0.496 e. The van der Waals surface area contributed by atoms with E-state index < -0.39 is 0 Å². The molecule has 0 aliphatic carbocycles. The molecule has 0 unspecified atom stereocenters. The Kier molecular flexibility index (Phi) is 3.95. The van der Waals surface area contributed by atoms with E-state index in [-0.39, 0.29) is 11.2 Å². The molecule has 3 heteroatoms. The second-order valence-electron chi connectivity index (χ2n) is 5.54. The lowest BCUT2D eigenvalue weighted by Gasteiger charge is -2.43. The van der Waals surface area contributed by atoms with Gasteiger partial charge in [0, 0.05) is 11.8 Å². The van der Waals surface area contributed by atoms with E-state index >= 15 is 0 Å². The van der Waals surface area contributed by atoms with E-state index in [9.17, 15) is 4.79 Å². The normalized spacial score (nSPS) is 16.8. The monoisotopic (exact) mass is 262 g/mol. The first-order valence-corrected chi connectivity index (χ1v) is 6.72. The van der Waals surface area contributed by atoms with E-state index in [4.69, 9.17) is 9.47 Å². The lowest BCUT2D eigenvalue weighted by Crippen LogP contribution is -2.47. The molecule has 3 nitrogen and oxygen atoms in total. The van der Waals surface area contributed by atoms with E-state index in [1.54, 1.807) is 14.0 Å². The predicted molar refractivity (Wildman–Crippen MR) is 74.9 cm³/mol. The fourth-order valence-corrected chi connectivity index (χ4v) is 2.79. The second kappa shape index (κ2) is 5.33. The van der Waals surface area contributed by atoms with Crippen molar-refractivity contribution in [2.75, 3.05) is 20.3 Å². The maximum Gasteiger partial charge on any atom is 0.129 e. The van der Waals surface area contributed by atoms with Gasteiger partial charge in [-0.25, -0.2) is 0 Å². The molecule has 2 rings (SSSR count). The number of methoxy groups -OCH3 is 1. The highest BCUT2D eigenvalue weighted by atomic mass is 16.5. The first-order chi connectivity index (χ1) is 9.00. The molecule has 0 spiro atoms. The molecule has 19 heavy (non-hydrogen) atoms. The van der Waals surface area contributed by atoms with Crippen molar-refractivity contribution in [3.63, 3.8) is 0 Å². The van der Waals surface area contributed by atoms with Crippen LogP contribution in [0.3, 0.4) is 0 Å². The molecule has 0 aromatic heterocycles. The highest BCUT2D eigenvalue weighted by Crippen LogP contribution is 2.40. The summed E-state index contributed by atoms with van der Waals surface area (Å²) in [7, 11) is 1.69. The average molecular weight is 262 g/mol. The SMILES string of the molecule is COc1ccc(C2(CCC(C)=O)COC2)c(C)c1C. The van der Waals surface area contributed by atoms with Crippen LogP contribution < -0.4 is 4.74 Å². The van der Waals surface area contributed by atoms with Gasteiger partial charge in [-0.15, -0.1) is 0 Å². The van der Waals surface area contributed by atoms with Crippen LogP contribution in [-0.2, 0) is 14.9 Å². The molecule has 104 valence electrons. The Hall–Kier alpha value is -1.35. The summed E-state index contributed by atoms with van der Waals surface area (Å²) in [5.74, 6) is 1.16. The van der Waals surface area contributed by atoms with Crippen LogP contribution >= 0.6 is 0 Å². The Labute approximate surface area is 114 Å². The molecule has 1 aliphatic heterocycles. The molecular formula is C16H22O3. The molecule has 1 aromatic rings. The van der Waals surface area contributed by atoms with Crippen molar-refractivity contribution in [3.05, 3.63) is 28.8 Å². The van der Waals surface area contributed by atoms with Crippen molar-refractivity contribution < 1.29 is 14.3 Å². The summed E-state index contributed by atoms with van der Waals surface area (Å²) in [6.45, 7) is 7.29. The quantitative estimate of drug-likeness (QED) is 0.818. The maximum atomic E-state index is 11.3. The molecule has 1 fully saturated rings. The smallest absolute Gasteiger partial charge is 0.129 e. The zero-order valence-corrected chi connectivity index (χ0v) is 12.2. The number of hydrogen-bond acceptors (Lipinski definition) is 3. The third kappa shape index (κ3) is 2.52. The summed E-state index contributed by atoms with van der Waals surface area (Å²) in [5, 5.41) is 0. The number of ketones is 1. The summed E-state index contributed by atoms with van der Waals surface area (Å²) in [6.07, 6.45) is 1.49. The van der Waals surface area contributed by atoms with Crippen LogP contribution in [-0.4, -0.2) is 26.1 Å². The number of benzene rings is 1. The number of hydrogen-bond donors (Lipinski definition) is 0. The van der Waals surface area contributed by atoms with Crippen LogP contribution in [0.4, 0.5) is 0 Å². The van der Waals surface area contributed by atoms with Gasteiger partial charge in [0.1, 0.15) is 11.5 Å². The maximum absolute atomic E-state index is 11.3. The highest BCUT2D eigenvalue weighted by Gasteiger charge is 2.41. The standard InChI is InChI=1S/C16H22O3/c1-11(17)7-8-16(9-19-10-16)14-5-6-15(18-4)13(3)12(14)2/h5-6H,7-10H2,1-4H3. The van der Waals surface area contributed by atoms with E-state index in [1.165, 1.54) is 16.7 Å². The number of Topliss-reactive ketones (excluding diaryl/α,β-unsaturated/α-hetero) is 1. The fraction of sp³-hybridized carbons (Fsp3) is 0.562. The molecule has 1 saturated heterocycles. The van der Waals surface area contributed by atoms with Crippen LogP contribution in [0.5, 0.6) is 5.75 Å². The summed E-state index contributed by atoms with van der Waals surface area (Å²) in [5.41, 5.74) is 3.76. The summed E-state index contributed by atoms with van der Waals surface area (Å²) in [6, 6.07) is 4.15. The summed E-state index contributed by atoms with van der Waals surface area (Å²) >= 11 is 0. The van der Waals surface area contributed by atoms with Gasteiger partial charge < -0.3 is 14.3 Å². The van der Waals surface area contributed by atoms with Crippen molar-refractivity contribution in [2.45, 2.75) is 39.0 Å². The number of ether oxygens (including phenoxy) is 2. The number of carbonyl (C=O) groups is 1. The van der Waals surface area contributed by atoms with E-state index in [2.05, 4.69) is 19.9 Å². The zero-order valence-electron chi connectivity index (χ0n) is 12.2. The van der Waals surface area contributed by atoms with Crippen molar-refractivity contribution >= 4 is 5.78 Å². The van der Waals surface area contributed by atoms with Gasteiger partial charge in [0.2, 0.25) is 0 Å². The predicted octanol–water partition coefficient (Wildman–Crippen LogP) is 2.95. The van der Waals surface area contributed by atoms with E-state index in [1.807, 2.05) is 6.07 Å². The van der Waals surface area contributed by atoms with Gasteiger partial charge in [0.15, 0.2) is 0 Å². The zero-order chi connectivity index (χ0) is 14.0. The van der Waals surface area contributed by atoms with Gasteiger partial charge in [-0.05, 0) is 49.9 Å². The molecule has 1 heterocycles. The van der Waals surface area contributed by atoms with Crippen LogP contribution in [0, 0.1) is 13.8 Å². The second-order valence-corrected chi connectivity index (χ2v) is 5.54. The van der Waals surface area contributed by atoms with E-state index in [0.29, 0.717) is 19.6 Å². The first kappa shape index (κ1) is 14.1. The van der Waals surface area contributed by atoms with E-state index in [0.717, 1.165) is 12.2 Å². The van der Waals surface area contributed by atoms with Crippen molar-refractivity contribution in [1.29, 1.82) is 0 Å². The van der Waals surface area contributed by atoms with Crippen molar-refractivity contribution in [3.8, 4) is 5.75 Å². The molecule has 1 aliphatic rings. The number of rotatable bonds is 5. The van der Waals surface area contributed by atoms with Crippen LogP contribution in [0.15, 0.2) is 12.1 Å². The molecule has 0 bridgehead atoms. The highest BCUT2D eigenvalue weighted by molar-refractivity contribution is 5.75. The Morgan fingerprint density at radius 3 is 2.47 bits per heavy atom. The molecular weight excluding hydrogens is 240 g/mol. The number of carbonyl (C=O) groups excluding carboxylic acids is 1. The van der Waals surface area contributed by atoms with Gasteiger partial charge in [-0.2, -0.15) is 0 Å². The summed E-state index contributed by atoms with van der Waals surface area (Å²) in [4.78, 5) is 11.3. The molecule has 0 N–H and O–H groups in total. The van der Waals surface area contributed by atoms with Crippen LogP contribution in [0.2, 0.25) is 0 Å². The minimum absolute atomic E-state index is 0.0206. The topological polar surface area (TPSA) is 35.5 Å². The third-order valence-corrected chi connectivity index (χ3v) is 4.24. The first-order valence-electron chi connectivity index (χ1n) is 6.72. The van der Waals surface area contributed by atoms with Gasteiger partial charge in [-0.3, -0.25) is 0 Å². The van der Waals surface area contributed by atoms with Gasteiger partial charge >= 0.3 is 0 Å². The average Bonchev–Trinajstić information content (AvgIpc) is 2.32. The minimum Gasteiger partial charge on any atom is -0.496 e. The fourth-order valence-electron chi connectivity index (χ4n) is 2.79. The van der Waals surface area contributed by atoms with Crippen LogP contribution in [0.1, 0.15) is 36.5 Å². The van der Waals surface area contributed by atoms with Gasteiger partial charge in [0.25, 0.3) is 0 Å². The van der Waals surface area contributed by atoms with Crippen LogP contribution in [0.25, 0.3) is 0 Å². The minimum atomic E-state index is 0.0206. The molecule has 0 amide bonds. The molecule has 0 atom stereocenters. The molecule has 1 aromatic carbocycles. The van der Waals surface area contributed by atoms with Gasteiger partial charge in [-0.1, -0.05) is 6.07 Å². The lowest BCUT2D eigenvalue weighted by molar-refractivity contribution is -0.119. The third-order valence-electron chi connectivity index (χ3n) is 4.24. The Morgan fingerprint density at radius 1 is 1.32 bits per heavy atom. The van der Waals surface area contributed by atoms with Crippen molar-refractivity contribution in [1.82, 2.24) is 0 Å². The Bertz CT molecular complexity index is 487.